The van der Waals surface area contributed by atoms with Gasteiger partial charge < -0.3 is 4.74 Å². The smallest absolute Gasteiger partial charge is 0.321 e. The summed E-state index contributed by atoms with van der Waals surface area (Å²) in [5.74, 6) is 0.191. The predicted molar refractivity (Wildman–Crippen MR) is 158 cm³/mol. The lowest BCUT2D eigenvalue weighted by Gasteiger charge is -2.35. The Kier molecular flexibility index (Phi) is 12.9. The van der Waals surface area contributed by atoms with Crippen molar-refractivity contribution in [1.82, 2.24) is 0 Å². The van der Waals surface area contributed by atoms with Crippen LogP contribution >= 0.6 is 0 Å². The van der Waals surface area contributed by atoms with E-state index in [2.05, 4.69) is 44.2 Å². The number of nitriles is 1. The van der Waals surface area contributed by atoms with Crippen LogP contribution in [0.1, 0.15) is 139 Å². The van der Waals surface area contributed by atoms with Gasteiger partial charge in [-0.05, 0) is 67.3 Å². The van der Waals surface area contributed by atoms with E-state index >= 15 is 0 Å². The lowest BCUT2D eigenvalue weighted by atomic mass is 9.69. The van der Waals surface area contributed by atoms with Gasteiger partial charge in [-0.1, -0.05) is 121 Å². The van der Waals surface area contributed by atoms with E-state index in [-0.39, 0.29) is 5.97 Å². The molecule has 0 atom stereocenters. The second kappa shape index (κ2) is 16.4. The Balaban J connectivity index is 1.63. The van der Waals surface area contributed by atoms with Crippen LogP contribution in [0, 0.1) is 11.3 Å². The molecule has 0 N–H and O–H groups in total. The fourth-order valence-electron chi connectivity index (χ4n) is 5.91. The number of hydrogen-bond donors (Lipinski definition) is 0. The van der Waals surface area contributed by atoms with Gasteiger partial charge in [-0.3, -0.25) is 4.79 Å². The first-order valence-corrected chi connectivity index (χ1v) is 15.5. The minimum absolute atomic E-state index is 0.205. The van der Waals surface area contributed by atoms with Crippen LogP contribution < -0.4 is 4.74 Å². The van der Waals surface area contributed by atoms with E-state index in [1.54, 1.807) is 0 Å². The van der Waals surface area contributed by atoms with Crippen LogP contribution in [0.3, 0.4) is 0 Å². The van der Waals surface area contributed by atoms with Gasteiger partial charge in [0.15, 0.2) is 0 Å². The van der Waals surface area contributed by atoms with Crippen LogP contribution in [-0.4, -0.2) is 5.97 Å². The van der Waals surface area contributed by atoms with Crippen LogP contribution in [0.15, 0.2) is 42.5 Å². The average molecular weight is 516 g/mol. The number of unbranched alkanes of at least 4 members (excludes halogenated alkanes) is 9. The van der Waals surface area contributed by atoms with Crippen LogP contribution in [0.4, 0.5) is 0 Å². The standard InChI is InChI=1S/C35H49NO2/c1-3-5-7-8-9-10-11-14-17-29-19-22-32(23-20-29)35(25-15-12-16-26-35)34(37)38-33-24-21-30(18-13-6-4-2)27-31(33)28-36/h19-24,27H,3-18,25-26H2,1-2H3. The van der Waals surface area contributed by atoms with Crippen LogP contribution in [0.2, 0.25) is 0 Å². The molecule has 2 aromatic carbocycles. The normalized spacial score (nSPS) is 14.7. The first kappa shape index (κ1) is 29.9. The number of carbonyl (C=O) groups excluding carboxylic acids is 1. The quantitative estimate of drug-likeness (QED) is 0.127. The Morgan fingerprint density at radius 1 is 0.763 bits per heavy atom. The molecule has 0 saturated heterocycles. The molecule has 0 spiro atoms. The van der Waals surface area contributed by atoms with Gasteiger partial charge in [0, 0.05) is 0 Å². The van der Waals surface area contributed by atoms with E-state index < -0.39 is 5.41 Å². The molecule has 206 valence electrons. The highest BCUT2D eigenvalue weighted by molar-refractivity contribution is 5.85. The van der Waals surface area contributed by atoms with E-state index in [1.807, 2.05) is 18.2 Å². The van der Waals surface area contributed by atoms with E-state index in [0.29, 0.717) is 11.3 Å². The average Bonchev–Trinajstić information content (AvgIpc) is 2.96. The Morgan fingerprint density at radius 2 is 1.32 bits per heavy atom. The first-order chi connectivity index (χ1) is 18.6. The summed E-state index contributed by atoms with van der Waals surface area (Å²) >= 11 is 0. The molecule has 0 bridgehead atoms. The Morgan fingerprint density at radius 3 is 1.97 bits per heavy atom. The molecule has 0 radical (unpaired) electrons. The SMILES string of the molecule is CCCCCCCCCCc1ccc(C2(C(=O)Oc3ccc(CCCCC)cc3C#N)CCCCC2)cc1. The fraction of sp³-hybridized carbons (Fsp3) is 0.600. The van der Waals surface area contributed by atoms with Gasteiger partial charge in [0.2, 0.25) is 0 Å². The van der Waals surface area contributed by atoms with Gasteiger partial charge in [-0.15, -0.1) is 0 Å². The van der Waals surface area contributed by atoms with Gasteiger partial charge >= 0.3 is 5.97 Å². The molecule has 0 heterocycles. The monoisotopic (exact) mass is 515 g/mol. The summed E-state index contributed by atoms with van der Waals surface area (Å²) in [6, 6.07) is 16.7. The molecule has 3 rings (SSSR count). The largest absolute Gasteiger partial charge is 0.424 e. The molecular weight excluding hydrogens is 466 g/mol. The van der Waals surface area contributed by atoms with E-state index in [9.17, 15) is 10.1 Å². The molecule has 0 aromatic heterocycles. The van der Waals surface area contributed by atoms with Crippen molar-refractivity contribution in [1.29, 1.82) is 5.26 Å². The number of nitrogens with zero attached hydrogens (tertiary/aromatic N) is 1. The minimum atomic E-state index is -0.623. The Hall–Kier alpha value is -2.60. The zero-order valence-corrected chi connectivity index (χ0v) is 24.0. The summed E-state index contributed by atoms with van der Waals surface area (Å²) in [4.78, 5) is 13.7. The zero-order chi connectivity index (χ0) is 27.1. The highest BCUT2D eigenvalue weighted by Gasteiger charge is 2.43. The van der Waals surface area contributed by atoms with Crippen molar-refractivity contribution < 1.29 is 9.53 Å². The second-order valence-corrected chi connectivity index (χ2v) is 11.4. The number of aryl methyl sites for hydroxylation is 2. The number of esters is 1. The summed E-state index contributed by atoms with van der Waals surface area (Å²) in [7, 11) is 0. The maximum atomic E-state index is 13.7. The van der Waals surface area contributed by atoms with Crippen molar-refractivity contribution in [2.75, 3.05) is 0 Å². The molecule has 0 amide bonds. The van der Waals surface area contributed by atoms with E-state index in [0.717, 1.165) is 62.5 Å². The molecule has 3 heteroatoms. The van der Waals surface area contributed by atoms with E-state index in [4.69, 9.17) is 4.74 Å². The van der Waals surface area contributed by atoms with Crippen LogP contribution in [0.25, 0.3) is 0 Å². The molecule has 2 aromatic rings. The molecule has 1 fully saturated rings. The highest BCUT2D eigenvalue weighted by atomic mass is 16.5. The molecule has 1 aliphatic rings. The Bertz CT molecular complexity index is 1010. The maximum Gasteiger partial charge on any atom is 0.321 e. The number of rotatable bonds is 16. The van der Waals surface area contributed by atoms with Crippen molar-refractivity contribution in [2.24, 2.45) is 0 Å². The van der Waals surface area contributed by atoms with Crippen LogP contribution in [0.5, 0.6) is 5.75 Å². The summed E-state index contributed by atoms with van der Waals surface area (Å²) in [6.45, 7) is 4.46. The Labute approximate surface area is 232 Å². The third-order valence-corrected chi connectivity index (χ3v) is 8.36. The minimum Gasteiger partial charge on any atom is -0.424 e. The van der Waals surface area contributed by atoms with Gasteiger partial charge in [-0.2, -0.15) is 5.26 Å². The van der Waals surface area contributed by atoms with Crippen molar-refractivity contribution >= 4 is 5.97 Å². The van der Waals surface area contributed by atoms with Gasteiger partial charge in [0.25, 0.3) is 0 Å². The molecule has 0 aliphatic heterocycles. The third kappa shape index (κ3) is 8.72. The van der Waals surface area contributed by atoms with Crippen molar-refractivity contribution in [3.05, 3.63) is 64.7 Å². The van der Waals surface area contributed by atoms with Crippen molar-refractivity contribution in [3.63, 3.8) is 0 Å². The molecule has 0 unspecified atom stereocenters. The van der Waals surface area contributed by atoms with E-state index in [1.165, 1.54) is 69.8 Å². The van der Waals surface area contributed by atoms with Gasteiger partial charge in [0.1, 0.15) is 11.8 Å². The first-order valence-electron chi connectivity index (χ1n) is 15.5. The van der Waals surface area contributed by atoms with Crippen molar-refractivity contribution in [3.8, 4) is 11.8 Å². The van der Waals surface area contributed by atoms with Crippen molar-refractivity contribution in [2.45, 2.75) is 135 Å². The lowest BCUT2D eigenvalue weighted by Crippen LogP contribution is -2.41. The number of benzene rings is 2. The van der Waals surface area contributed by atoms with Gasteiger partial charge in [0.05, 0.1) is 11.0 Å². The second-order valence-electron chi connectivity index (χ2n) is 11.4. The predicted octanol–water partition coefficient (Wildman–Crippen LogP) is 9.78. The van der Waals surface area contributed by atoms with Crippen LogP contribution in [-0.2, 0) is 23.1 Å². The highest BCUT2D eigenvalue weighted by Crippen LogP contribution is 2.41. The molecule has 1 saturated carbocycles. The zero-order valence-electron chi connectivity index (χ0n) is 24.0. The lowest BCUT2D eigenvalue weighted by molar-refractivity contribution is -0.142. The molecule has 1 aliphatic carbocycles. The number of carbonyl (C=O) groups is 1. The summed E-state index contributed by atoms with van der Waals surface area (Å²) in [6.07, 6.45) is 21.0. The third-order valence-electron chi connectivity index (χ3n) is 8.36. The van der Waals surface area contributed by atoms with Gasteiger partial charge in [-0.25, -0.2) is 0 Å². The number of ether oxygens (including phenoxy) is 1. The molecule has 3 nitrogen and oxygen atoms in total. The molecule has 38 heavy (non-hydrogen) atoms. The summed E-state index contributed by atoms with van der Waals surface area (Å²) in [5, 5.41) is 9.76. The fourth-order valence-corrected chi connectivity index (χ4v) is 5.91. The maximum absolute atomic E-state index is 13.7. The molecular formula is C35H49NO2. The number of hydrogen-bond acceptors (Lipinski definition) is 3. The topological polar surface area (TPSA) is 50.1 Å². The summed E-state index contributed by atoms with van der Waals surface area (Å²) < 4.78 is 6.01. The summed E-state index contributed by atoms with van der Waals surface area (Å²) in [5.41, 5.74) is 3.39.